The third-order valence-electron chi connectivity index (χ3n) is 1.40. The zero-order chi connectivity index (χ0) is 9.84. The zero-order valence-corrected chi connectivity index (χ0v) is 7.98. The van der Waals surface area contributed by atoms with E-state index in [0.29, 0.717) is 6.54 Å². The molecule has 3 nitrogen and oxygen atoms in total. The zero-order valence-electron chi connectivity index (χ0n) is 7.22. The highest BCUT2D eigenvalue weighted by Crippen LogP contribution is 2.14. The predicted molar refractivity (Wildman–Crippen MR) is 51.3 cm³/mol. The number of halogens is 2. The van der Waals surface area contributed by atoms with Gasteiger partial charge in [-0.3, -0.25) is 0 Å². The fourth-order valence-electron chi connectivity index (χ4n) is 0.802. The molecule has 1 atom stereocenters. The molecule has 0 aliphatic heterocycles. The van der Waals surface area contributed by atoms with E-state index in [-0.39, 0.29) is 16.9 Å². The second-order valence-corrected chi connectivity index (χ2v) is 3.28. The lowest BCUT2D eigenvalue weighted by atomic mass is 10.3. The number of nitrogens with zero attached hydrogens (tertiary/aromatic N) is 1. The van der Waals surface area contributed by atoms with E-state index in [1.807, 2.05) is 6.92 Å². The highest BCUT2D eigenvalue weighted by molar-refractivity contribution is 6.30. The van der Waals surface area contributed by atoms with Crippen molar-refractivity contribution in [2.75, 3.05) is 11.9 Å². The molecule has 0 aliphatic rings. The fraction of sp³-hybridized carbons (Fsp3) is 0.375. The lowest BCUT2D eigenvalue weighted by Gasteiger charge is -2.08. The van der Waals surface area contributed by atoms with Crippen LogP contribution >= 0.6 is 11.6 Å². The summed E-state index contributed by atoms with van der Waals surface area (Å²) >= 11 is 5.52. The molecule has 5 heteroatoms. The molecule has 1 aromatic rings. The molecule has 72 valence electrons. The number of rotatable bonds is 3. The number of aromatic nitrogens is 1. The Labute approximate surface area is 81.1 Å². The van der Waals surface area contributed by atoms with Gasteiger partial charge in [0.1, 0.15) is 0 Å². The van der Waals surface area contributed by atoms with Crippen LogP contribution in [0.15, 0.2) is 12.3 Å². The van der Waals surface area contributed by atoms with Gasteiger partial charge in [0.15, 0.2) is 11.6 Å². The standard InChI is InChI=1S/C8H11ClFN3/c1-5(11)3-12-8-7(10)2-6(9)4-13-8/h2,4-5H,3,11H2,1H3,(H,12,13). The fourth-order valence-corrected chi connectivity index (χ4v) is 0.947. The topological polar surface area (TPSA) is 50.9 Å². The van der Waals surface area contributed by atoms with Crippen molar-refractivity contribution in [1.29, 1.82) is 0 Å². The van der Waals surface area contributed by atoms with E-state index in [2.05, 4.69) is 10.3 Å². The summed E-state index contributed by atoms with van der Waals surface area (Å²) in [7, 11) is 0. The smallest absolute Gasteiger partial charge is 0.166 e. The Balaban J connectivity index is 2.67. The molecule has 1 rings (SSSR count). The van der Waals surface area contributed by atoms with Gasteiger partial charge in [0.05, 0.1) is 5.02 Å². The van der Waals surface area contributed by atoms with Crippen LogP contribution in [-0.4, -0.2) is 17.6 Å². The Morgan fingerprint density at radius 1 is 1.77 bits per heavy atom. The highest BCUT2D eigenvalue weighted by Gasteiger charge is 2.04. The molecule has 1 aromatic heterocycles. The van der Waals surface area contributed by atoms with Crippen molar-refractivity contribution < 1.29 is 4.39 Å². The molecule has 0 spiro atoms. The van der Waals surface area contributed by atoms with Crippen LogP contribution in [0.4, 0.5) is 10.2 Å². The van der Waals surface area contributed by atoms with Gasteiger partial charge < -0.3 is 11.1 Å². The highest BCUT2D eigenvalue weighted by atomic mass is 35.5. The van der Waals surface area contributed by atoms with Gasteiger partial charge >= 0.3 is 0 Å². The Hall–Kier alpha value is -0.870. The molecule has 0 fully saturated rings. The molecular formula is C8H11ClFN3. The van der Waals surface area contributed by atoms with E-state index in [4.69, 9.17) is 17.3 Å². The van der Waals surface area contributed by atoms with Crippen LogP contribution < -0.4 is 11.1 Å². The number of anilines is 1. The molecule has 13 heavy (non-hydrogen) atoms. The minimum atomic E-state index is -0.465. The van der Waals surface area contributed by atoms with E-state index >= 15 is 0 Å². The Bertz CT molecular complexity index is 291. The minimum Gasteiger partial charge on any atom is -0.366 e. The monoisotopic (exact) mass is 203 g/mol. The van der Waals surface area contributed by atoms with Crippen molar-refractivity contribution in [2.45, 2.75) is 13.0 Å². The van der Waals surface area contributed by atoms with Crippen LogP contribution in [0.1, 0.15) is 6.92 Å². The number of nitrogens with two attached hydrogens (primary N) is 1. The molecule has 0 aromatic carbocycles. The second kappa shape index (κ2) is 4.39. The van der Waals surface area contributed by atoms with E-state index < -0.39 is 5.82 Å². The first-order valence-electron chi connectivity index (χ1n) is 3.90. The van der Waals surface area contributed by atoms with Gasteiger partial charge in [-0.15, -0.1) is 0 Å². The molecular weight excluding hydrogens is 193 g/mol. The van der Waals surface area contributed by atoms with Gasteiger partial charge in [-0.05, 0) is 13.0 Å². The Morgan fingerprint density at radius 2 is 2.46 bits per heavy atom. The third kappa shape index (κ3) is 3.16. The molecule has 0 radical (unpaired) electrons. The van der Waals surface area contributed by atoms with E-state index in [9.17, 15) is 4.39 Å². The summed E-state index contributed by atoms with van der Waals surface area (Å²) in [6, 6.07) is 1.16. The Morgan fingerprint density at radius 3 is 3.00 bits per heavy atom. The van der Waals surface area contributed by atoms with Gasteiger partial charge in [-0.1, -0.05) is 11.6 Å². The van der Waals surface area contributed by atoms with Crippen molar-refractivity contribution in [3.63, 3.8) is 0 Å². The van der Waals surface area contributed by atoms with E-state index in [0.717, 1.165) is 0 Å². The first-order valence-corrected chi connectivity index (χ1v) is 4.28. The molecule has 0 amide bonds. The lowest BCUT2D eigenvalue weighted by Crippen LogP contribution is -2.25. The number of hydrogen-bond acceptors (Lipinski definition) is 3. The number of nitrogens with one attached hydrogen (secondary N) is 1. The van der Waals surface area contributed by atoms with Gasteiger partial charge in [0.2, 0.25) is 0 Å². The Kier molecular flexibility index (Phi) is 3.45. The molecule has 0 saturated carbocycles. The van der Waals surface area contributed by atoms with Crippen LogP contribution in [0.25, 0.3) is 0 Å². The first kappa shape index (κ1) is 10.2. The maximum atomic E-state index is 13.1. The largest absolute Gasteiger partial charge is 0.366 e. The number of hydrogen-bond donors (Lipinski definition) is 2. The van der Waals surface area contributed by atoms with Crippen LogP contribution in [-0.2, 0) is 0 Å². The van der Waals surface area contributed by atoms with Crippen molar-refractivity contribution >= 4 is 17.4 Å². The number of pyridine rings is 1. The summed E-state index contributed by atoms with van der Waals surface area (Å²) in [5, 5.41) is 3.05. The summed E-state index contributed by atoms with van der Waals surface area (Å²) in [5.74, 6) is -0.283. The van der Waals surface area contributed by atoms with Crippen molar-refractivity contribution in [3.05, 3.63) is 23.1 Å². The summed E-state index contributed by atoms with van der Waals surface area (Å²) in [6.07, 6.45) is 1.38. The van der Waals surface area contributed by atoms with E-state index in [1.54, 1.807) is 0 Å². The van der Waals surface area contributed by atoms with Crippen LogP contribution in [0.5, 0.6) is 0 Å². The van der Waals surface area contributed by atoms with Crippen molar-refractivity contribution in [3.8, 4) is 0 Å². The third-order valence-corrected chi connectivity index (χ3v) is 1.61. The predicted octanol–water partition coefficient (Wildman–Crippen LogP) is 1.63. The van der Waals surface area contributed by atoms with Gasteiger partial charge in [0.25, 0.3) is 0 Å². The van der Waals surface area contributed by atoms with Crippen molar-refractivity contribution in [1.82, 2.24) is 4.98 Å². The first-order chi connectivity index (χ1) is 6.09. The molecule has 0 bridgehead atoms. The van der Waals surface area contributed by atoms with Crippen molar-refractivity contribution in [2.24, 2.45) is 5.73 Å². The summed E-state index contributed by atoms with van der Waals surface area (Å²) in [4.78, 5) is 3.78. The summed E-state index contributed by atoms with van der Waals surface area (Å²) in [6.45, 7) is 2.30. The lowest BCUT2D eigenvalue weighted by molar-refractivity contribution is 0.622. The van der Waals surface area contributed by atoms with Gasteiger partial charge in [0, 0.05) is 18.8 Å². The average molecular weight is 204 g/mol. The van der Waals surface area contributed by atoms with Gasteiger partial charge in [-0.25, -0.2) is 9.37 Å². The van der Waals surface area contributed by atoms with Crippen LogP contribution in [0.2, 0.25) is 5.02 Å². The molecule has 0 saturated heterocycles. The quantitative estimate of drug-likeness (QED) is 0.785. The average Bonchev–Trinajstić information content (AvgIpc) is 2.02. The summed E-state index contributed by atoms with van der Waals surface area (Å²) < 4.78 is 13.1. The van der Waals surface area contributed by atoms with Crippen LogP contribution in [0.3, 0.4) is 0 Å². The molecule has 1 heterocycles. The maximum Gasteiger partial charge on any atom is 0.166 e. The molecule has 3 N–H and O–H groups in total. The minimum absolute atomic E-state index is 0.0446. The summed E-state index contributed by atoms with van der Waals surface area (Å²) in [5.41, 5.74) is 5.48. The second-order valence-electron chi connectivity index (χ2n) is 2.84. The molecule has 0 aliphatic carbocycles. The van der Waals surface area contributed by atoms with E-state index in [1.165, 1.54) is 12.3 Å². The normalized spacial score (nSPS) is 12.6. The van der Waals surface area contributed by atoms with Crippen LogP contribution in [0, 0.1) is 5.82 Å². The van der Waals surface area contributed by atoms with Gasteiger partial charge in [-0.2, -0.15) is 0 Å². The SMILES string of the molecule is CC(N)CNc1ncc(Cl)cc1F. The maximum absolute atomic E-state index is 13.1. The molecule has 1 unspecified atom stereocenters.